The van der Waals surface area contributed by atoms with Gasteiger partial charge < -0.3 is 15.0 Å². The average Bonchev–Trinajstić information content (AvgIpc) is 2.90. The summed E-state index contributed by atoms with van der Waals surface area (Å²) in [7, 11) is 0. The van der Waals surface area contributed by atoms with Crippen molar-refractivity contribution in [1.82, 2.24) is 15.1 Å². The van der Waals surface area contributed by atoms with Crippen LogP contribution in [0.3, 0.4) is 0 Å². The summed E-state index contributed by atoms with van der Waals surface area (Å²) < 4.78 is 5.96. The number of piperazine rings is 1. The van der Waals surface area contributed by atoms with Gasteiger partial charge in [-0.3, -0.25) is 4.90 Å². The summed E-state index contributed by atoms with van der Waals surface area (Å²) in [6, 6.07) is 9.10. The van der Waals surface area contributed by atoms with Gasteiger partial charge >= 0.3 is 0 Å². The first kappa shape index (κ1) is 17.7. The monoisotopic (exact) mass is 331 g/mol. The van der Waals surface area contributed by atoms with Gasteiger partial charge in [0.15, 0.2) is 0 Å². The first-order chi connectivity index (χ1) is 11.9. The molecular weight excluding hydrogens is 298 g/mol. The normalized spacial score (nSPS) is 22.0. The van der Waals surface area contributed by atoms with E-state index < -0.39 is 0 Å². The van der Waals surface area contributed by atoms with Crippen molar-refractivity contribution >= 4 is 0 Å². The molecule has 24 heavy (non-hydrogen) atoms. The summed E-state index contributed by atoms with van der Waals surface area (Å²) in [4.78, 5) is 5.33. The van der Waals surface area contributed by atoms with Crippen LogP contribution in [0, 0.1) is 0 Å². The molecule has 1 aromatic rings. The van der Waals surface area contributed by atoms with E-state index in [0.29, 0.717) is 6.04 Å². The molecule has 1 atom stereocenters. The maximum Gasteiger partial charge on any atom is 0.124 e. The molecule has 0 aliphatic carbocycles. The van der Waals surface area contributed by atoms with Gasteiger partial charge in [-0.15, -0.1) is 0 Å². The SMILES string of the molecule is CCOc1ccccc1C(CN1CCCCCC1)N1CCNCC1. The van der Waals surface area contributed by atoms with Crippen LogP contribution in [0.15, 0.2) is 24.3 Å². The van der Waals surface area contributed by atoms with Gasteiger partial charge in [-0.25, -0.2) is 0 Å². The summed E-state index contributed by atoms with van der Waals surface area (Å²) in [5.41, 5.74) is 1.37. The molecule has 0 amide bonds. The Labute approximate surface area is 147 Å². The van der Waals surface area contributed by atoms with Crippen molar-refractivity contribution in [3.05, 3.63) is 29.8 Å². The molecule has 1 N–H and O–H groups in total. The zero-order valence-corrected chi connectivity index (χ0v) is 15.2. The molecule has 4 heteroatoms. The van der Waals surface area contributed by atoms with Crippen molar-refractivity contribution in [3.8, 4) is 5.75 Å². The lowest BCUT2D eigenvalue weighted by Crippen LogP contribution is -2.48. The van der Waals surface area contributed by atoms with Crippen LogP contribution in [0.1, 0.15) is 44.2 Å². The highest BCUT2D eigenvalue weighted by molar-refractivity contribution is 5.36. The highest BCUT2D eigenvalue weighted by atomic mass is 16.5. The Kier molecular flexibility index (Phi) is 6.94. The van der Waals surface area contributed by atoms with Gasteiger partial charge in [-0.1, -0.05) is 31.0 Å². The quantitative estimate of drug-likeness (QED) is 0.867. The van der Waals surface area contributed by atoms with E-state index in [4.69, 9.17) is 4.74 Å². The molecule has 4 nitrogen and oxygen atoms in total. The van der Waals surface area contributed by atoms with Crippen LogP contribution in [-0.2, 0) is 0 Å². The zero-order chi connectivity index (χ0) is 16.6. The van der Waals surface area contributed by atoms with Crippen LogP contribution < -0.4 is 10.1 Å². The smallest absolute Gasteiger partial charge is 0.124 e. The molecule has 0 saturated carbocycles. The third-order valence-corrected chi connectivity index (χ3v) is 5.30. The minimum absolute atomic E-state index is 0.438. The number of nitrogens with zero attached hydrogens (tertiary/aromatic N) is 2. The molecule has 0 aromatic heterocycles. The molecule has 1 aromatic carbocycles. The molecule has 2 heterocycles. The van der Waals surface area contributed by atoms with Crippen molar-refractivity contribution in [3.63, 3.8) is 0 Å². The second-order valence-corrected chi connectivity index (χ2v) is 6.99. The Bertz CT molecular complexity index is 480. The maximum absolute atomic E-state index is 5.96. The fourth-order valence-corrected chi connectivity index (χ4v) is 4.01. The van der Waals surface area contributed by atoms with Gasteiger partial charge in [-0.05, 0) is 38.9 Å². The fraction of sp³-hybridized carbons (Fsp3) is 0.700. The van der Waals surface area contributed by atoms with E-state index in [-0.39, 0.29) is 0 Å². The third-order valence-electron chi connectivity index (χ3n) is 5.30. The molecule has 0 bridgehead atoms. The molecule has 134 valence electrons. The second kappa shape index (κ2) is 9.40. The Balaban J connectivity index is 1.81. The van der Waals surface area contributed by atoms with E-state index >= 15 is 0 Å². The van der Waals surface area contributed by atoms with Crippen LogP contribution in [0.25, 0.3) is 0 Å². The largest absolute Gasteiger partial charge is 0.494 e. The van der Waals surface area contributed by atoms with Crippen LogP contribution in [0.2, 0.25) is 0 Å². The Morgan fingerprint density at radius 1 is 1.00 bits per heavy atom. The molecule has 0 radical (unpaired) electrons. The summed E-state index contributed by atoms with van der Waals surface area (Å²) in [6.07, 6.45) is 5.48. The summed E-state index contributed by atoms with van der Waals surface area (Å²) in [5, 5.41) is 3.49. The predicted octanol–water partition coefficient (Wildman–Crippen LogP) is 2.91. The lowest BCUT2D eigenvalue weighted by Gasteiger charge is -2.38. The van der Waals surface area contributed by atoms with Gasteiger partial charge in [0.1, 0.15) is 5.75 Å². The van der Waals surface area contributed by atoms with Crippen molar-refractivity contribution in [2.75, 3.05) is 52.4 Å². The van der Waals surface area contributed by atoms with Crippen LogP contribution >= 0.6 is 0 Å². The van der Waals surface area contributed by atoms with E-state index in [1.165, 1.54) is 44.3 Å². The van der Waals surface area contributed by atoms with Gasteiger partial charge in [0.05, 0.1) is 12.6 Å². The standard InChI is InChI=1S/C20H33N3O/c1-2-24-20-10-6-5-9-18(20)19(23-15-11-21-12-16-23)17-22-13-7-3-4-8-14-22/h5-6,9-10,19,21H,2-4,7-8,11-17H2,1H3. The number of nitrogens with one attached hydrogen (secondary N) is 1. The molecule has 3 rings (SSSR count). The van der Waals surface area contributed by atoms with Gasteiger partial charge in [0.25, 0.3) is 0 Å². The summed E-state index contributed by atoms with van der Waals surface area (Å²) in [6.45, 7) is 10.9. The number of ether oxygens (including phenoxy) is 1. The third kappa shape index (κ3) is 4.71. The number of hydrogen-bond donors (Lipinski definition) is 1. The second-order valence-electron chi connectivity index (χ2n) is 6.99. The van der Waals surface area contributed by atoms with Crippen molar-refractivity contribution in [2.24, 2.45) is 0 Å². The van der Waals surface area contributed by atoms with Crippen molar-refractivity contribution in [1.29, 1.82) is 0 Å². The summed E-state index contributed by atoms with van der Waals surface area (Å²) >= 11 is 0. The van der Waals surface area contributed by atoms with E-state index in [1.807, 2.05) is 0 Å². The highest BCUT2D eigenvalue weighted by Crippen LogP contribution is 2.31. The number of hydrogen-bond acceptors (Lipinski definition) is 4. The highest BCUT2D eigenvalue weighted by Gasteiger charge is 2.27. The number of rotatable bonds is 6. The Morgan fingerprint density at radius 3 is 2.42 bits per heavy atom. The van der Waals surface area contributed by atoms with Crippen LogP contribution in [-0.4, -0.2) is 62.2 Å². The molecule has 2 fully saturated rings. The van der Waals surface area contributed by atoms with E-state index in [2.05, 4.69) is 46.3 Å². The Hall–Kier alpha value is -1.10. The van der Waals surface area contributed by atoms with Crippen molar-refractivity contribution in [2.45, 2.75) is 38.6 Å². The molecular formula is C20H33N3O. The summed E-state index contributed by atoms with van der Waals surface area (Å²) in [5.74, 6) is 1.07. The van der Waals surface area contributed by atoms with Gasteiger partial charge in [-0.2, -0.15) is 0 Å². The average molecular weight is 332 g/mol. The van der Waals surface area contributed by atoms with Gasteiger partial charge in [0, 0.05) is 38.3 Å². The number of para-hydroxylation sites is 1. The van der Waals surface area contributed by atoms with E-state index in [1.54, 1.807) is 0 Å². The molecule has 2 aliphatic heterocycles. The first-order valence-electron chi connectivity index (χ1n) is 9.77. The molecule has 1 unspecified atom stereocenters. The Morgan fingerprint density at radius 2 is 1.71 bits per heavy atom. The zero-order valence-electron chi connectivity index (χ0n) is 15.2. The molecule has 0 spiro atoms. The lowest BCUT2D eigenvalue weighted by atomic mass is 10.0. The van der Waals surface area contributed by atoms with E-state index in [9.17, 15) is 0 Å². The lowest BCUT2D eigenvalue weighted by molar-refractivity contribution is 0.123. The first-order valence-corrected chi connectivity index (χ1v) is 9.77. The van der Waals surface area contributed by atoms with Gasteiger partial charge in [0.2, 0.25) is 0 Å². The molecule has 2 saturated heterocycles. The van der Waals surface area contributed by atoms with Crippen LogP contribution in [0.5, 0.6) is 5.75 Å². The minimum atomic E-state index is 0.438. The number of benzene rings is 1. The maximum atomic E-state index is 5.96. The predicted molar refractivity (Wildman–Crippen MR) is 99.7 cm³/mol. The fourth-order valence-electron chi connectivity index (χ4n) is 4.01. The molecule has 2 aliphatic rings. The van der Waals surface area contributed by atoms with E-state index in [0.717, 1.165) is 45.1 Å². The number of likely N-dealkylation sites (tertiary alicyclic amines) is 1. The van der Waals surface area contributed by atoms with Crippen molar-refractivity contribution < 1.29 is 4.74 Å². The topological polar surface area (TPSA) is 27.7 Å². The van der Waals surface area contributed by atoms with Crippen LogP contribution in [0.4, 0.5) is 0 Å². The minimum Gasteiger partial charge on any atom is -0.494 e.